The second-order valence-corrected chi connectivity index (χ2v) is 4.53. The summed E-state index contributed by atoms with van der Waals surface area (Å²) in [5.41, 5.74) is -0.0504. The minimum Gasteiger partial charge on any atom is -0.342 e. The van der Waals surface area contributed by atoms with Crippen LogP contribution in [0.4, 0.5) is 13.2 Å². The van der Waals surface area contributed by atoms with E-state index in [-0.39, 0.29) is 16.5 Å². The monoisotopic (exact) mass is 262 g/mol. The zero-order valence-electron chi connectivity index (χ0n) is 9.19. The van der Waals surface area contributed by atoms with E-state index in [2.05, 4.69) is 9.97 Å². The van der Waals surface area contributed by atoms with Gasteiger partial charge in [-0.25, -0.2) is 4.98 Å². The summed E-state index contributed by atoms with van der Waals surface area (Å²) in [5.74, 6) is 0.769. The molecule has 0 aliphatic heterocycles. The van der Waals surface area contributed by atoms with Gasteiger partial charge in [-0.1, -0.05) is 25.4 Å². The van der Waals surface area contributed by atoms with Gasteiger partial charge in [-0.2, -0.15) is 13.2 Å². The van der Waals surface area contributed by atoms with E-state index in [1.54, 1.807) is 0 Å². The molecule has 1 heterocycles. The van der Waals surface area contributed by atoms with Gasteiger partial charge in [0.25, 0.3) is 0 Å². The van der Waals surface area contributed by atoms with Crippen LogP contribution in [0.3, 0.4) is 0 Å². The summed E-state index contributed by atoms with van der Waals surface area (Å²) in [7, 11) is 0. The number of aromatic amines is 1. The number of rotatable bonds is 1. The topological polar surface area (TPSA) is 28.7 Å². The van der Waals surface area contributed by atoms with Crippen molar-refractivity contribution in [2.45, 2.75) is 25.9 Å². The zero-order valence-corrected chi connectivity index (χ0v) is 9.95. The molecule has 0 unspecified atom stereocenters. The first-order valence-corrected chi connectivity index (χ1v) is 5.43. The number of benzene rings is 1. The lowest BCUT2D eigenvalue weighted by atomic mass is 10.2. The van der Waals surface area contributed by atoms with Crippen molar-refractivity contribution in [3.8, 4) is 0 Å². The van der Waals surface area contributed by atoms with Crippen LogP contribution >= 0.6 is 11.6 Å². The Labute approximate surface area is 101 Å². The number of imidazole rings is 1. The molecular weight excluding hydrogens is 253 g/mol. The number of aromatic nitrogens is 2. The van der Waals surface area contributed by atoms with Crippen molar-refractivity contribution >= 4 is 22.6 Å². The lowest BCUT2D eigenvalue weighted by Gasteiger charge is -2.07. The first kappa shape index (κ1) is 12.2. The maximum atomic E-state index is 12.6. The molecule has 0 spiro atoms. The van der Waals surface area contributed by atoms with E-state index in [4.69, 9.17) is 11.6 Å². The molecule has 0 atom stereocenters. The van der Waals surface area contributed by atoms with E-state index in [0.717, 1.165) is 6.07 Å². The molecule has 1 aromatic carbocycles. The number of nitrogens with one attached hydrogen (secondary N) is 1. The van der Waals surface area contributed by atoms with Crippen LogP contribution < -0.4 is 0 Å². The van der Waals surface area contributed by atoms with Gasteiger partial charge in [0.05, 0.1) is 21.6 Å². The molecule has 6 heteroatoms. The standard InChI is InChI=1S/C11H10ClF3N2/c1-5(2)10-16-8-3-6(11(13,14)15)7(12)4-9(8)17-10/h3-5H,1-2H3,(H,16,17). The Hall–Kier alpha value is -1.23. The smallest absolute Gasteiger partial charge is 0.342 e. The van der Waals surface area contributed by atoms with Crippen molar-refractivity contribution in [3.63, 3.8) is 0 Å². The molecule has 2 nitrogen and oxygen atoms in total. The van der Waals surface area contributed by atoms with Gasteiger partial charge in [-0.3, -0.25) is 0 Å². The zero-order chi connectivity index (χ0) is 12.8. The average Bonchev–Trinajstić information content (AvgIpc) is 2.57. The largest absolute Gasteiger partial charge is 0.417 e. The molecule has 0 aliphatic carbocycles. The number of nitrogens with zero attached hydrogens (tertiary/aromatic N) is 1. The third-order valence-corrected chi connectivity index (χ3v) is 2.75. The Morgan fingerprint density at radius 1 is 1.29 bits per heavy atom. The first-order valence-electron chi connectivity index (χ1n) is 5.05. The van der Waals surface area contributed by atoms with Crippen LogP contribution in [-0.4, -0.2) is 9.97 Å². The van der Waals surface area contributed by atoms with Gasteiger partial charge in [0.2, 0.25) is 0 Å². The first-order chi connectivity index (χ1) is 7.79. The molecule has 0 saturated carbocycles. The molecule has 1 N–H and O–H groups in total. The van der Waals surface area contributed by atoms with Crippen molar-refractivity contribution in [2.75, 3.05) is 0 Å². The van der Waals surface area contributed by atoms with Crippen LogP contribution in [0.1, 0.15) is 31.2 Å². The highest BCUT2D eigenvalue weighted by atomic mass is 35.5. The fraction of sp³-hybridized carbons (Fsp3) is 0.364. The molecule has 2 aromatic rings. The molecule has 0 amide bonds. The van der Waals surface area contributed by atoms with Gasteiger partial charge in [-0.05, 0) is 12.1 Å². The van der Waals surface area contributed by atoms with Crippen LogP contribution in [0.25, 0.3) is 11.0 Å². The Morgan fingerprint density at radius 3 is 2.47 bits per heavy atom. The van der Waals surface area contributed by atoms with Crippen LogP contribution in [0, 0.1) is 0 Å². The summed E-state index contributed by atoms with van der Waals surface area (Å²) >= 11 is 5.61. The summed E-state index contributed by atoms with van der Waals surface area (Å²) in [5, 5.41) is -0.316. The van der Waals surface area contributed by atoms with Crippen LogP contribution in [-0.2, 0) is 6.18 Å². The molecule has 0 saturated heterocycles. The predicted molar refractivity (Wildman–Crippen MR) is 60.2 cm³/mol. The number of halogens is 4. The van der Waals surface area contributed by atoms with E-state index >= 15 is 0 Å². The van der Waals surface area contributed by atoms with Crippen molar-refractivity contribution < 1.29 is 13.2 Å². The van der Waals surface area contributed by atoms with Crippen molar-refractivity contribution in [1.29, 1.82) is 0 Å². The summed E-state index contributed by atoms with van der Waals surface area (Å²) in [6.07, 6.45) is -4.46. The fourth-order valence-corrected chi connectivity index (χ4v) is 1.81. The third-order valence-electron chi connectivity index (χ3n) is 2.44. The maximum absolute atomic E-state index is 12.6. The fourth-order valence-electron chi connectivity index (χ4n) is 1.54. The Bertz CT molecular complexity index is 558. The SMILES string of the molecule is CC(C)c1nc2cc(C(F)(F)F)c(Cl)cc2[nH]1. The maximum Gasteiger partial charge on any atom is 0.417 e. The average molecular weight is 263 g/mol. The Morgan fingerprint density at radius 2 is 1.94 bits per heavy atom. The van der Waals surface area contributed by atoms with Crippen molar-refractivity contribution in [3.05, 3.63) is 28.5 Å². The predicted octanol–water partition coefficient (Wildman–Crippen LogP) is 4.36. The van der Waals surface area contributed by atoms with Gasteiger partial charge >= 0.3 is 6.18 Å². The number of hydrogen-bond donors (Lipinski definition) is 1. The molecule has 0 fully saturated rings. The summed E-state index contributed by atoms with van der Waals surface area (Å²) < 4.78 is 37.9. The minimum absolute atomic E-state index is 0.121. The second-order valence-electron chi connectivity index (χ2n) is 4.12. The number of hydrogen-bond acceptors (Lipinski definition) is 1. The highest BCUT2D eigenvalue weighted by Gasteiger charge is 2.33. The Kier molecular flexibility index (Phi) is 2.81. The van der Waals surface area contributed by atoms with Gasteiger partial charge in [0, 0.05) is 5.92 Å². The van der Waals surface area contributed by atoms with Crippen molar-refractivity contribution in [1.82, 2.24) is 9.97 Å². The summed E-state index contributed by atoms with van der Waals surface area (Å²) in [4.78, 5) is 7.06. The molecule has 17 heavy (non-hydrogen) atoms. The molecular formula is C11H10ClF3N2. The van der Waals surface area contributed by atoms with Gasteiger partial charge < -0.3 is 4.98 Å². The molecule has 0 aliphatic rings. The molecule has 0 bridgehead atoms. The number of alkyl halides is 3. The third kappa shape index (κ3) is 2.24. The normalized spacial score (nSPS) is 12.6. The van der Waals surface area contributed by atoms with E-state index in [1.165, 1.54) is 6.07 Å². The number of H-pyrrole nitrogens is 1. The summed E-state index contributed by atoms with van der Waals surface area (Å²) in [6.45, 7) is 3.81. The quantitative estimate of drug-likeness (QED) is 0.813. The number of fused-ring (bicyclic) bond motifs is 1. The van der Waals surface area contributed by atoms with Gasteiger partial charge in [0.15, 0.2) is 0 Å². The highest BCUT2D eigenvalue weighted by molar-refractivity contribution is 6.32. The van der Waals surface area contributed by atoms with Crippen LogP contribution in [0.5, 0.6) is 0 Å². The van der Waals surface area contributed by atoms with Gasteiger partial charge in [0.1, 0.15) is 5.82 Å². The highest BCUT2D eigenvalue weighted by Crippen LogP contribution is 2.36. The molecule has 2 rings (SSSR count). The van der Waals surface area contributed by atoms with Crippen molar-refractivity contribution in [2.24, 2.45) is 0 Å². The molecule has 92 valence electrons. The molecule has 1 aromatic heterocycles. The molecule has 0 radical (unpaired) electrons. The van der Waals surface area contributed by atoms with E-state index in [9.17, 15) is 13.2 Å². The van der Waals surface area contributed by atoms with Gasteiger partial charge in [-0.15, -0.1) is 0 Å². The lowest BCUT2D eigenvalue weighted by molar-refractivity contribution is -0.137. The van der Waals surface area contributed by atoms with Crippen LogP contribution in [0.2, 0.25) is 5.02 Å². The van der Waals surface area contributed by atoms with E-state index in [1.807, 2.05) is 13.8 Å². The summed E-state index contributed by atoms with van der Waals surface area (Å²) in [6, 6.07) is 2.23. The second kappa shape index (κ2) is 3.91. The Balaban J connectivity index is 2.64. The van der Waals surface area contributed by atoms with E-state index in [0.29, 0.717) is 11.3 Å². The minimum atomic E-state index is -4.46. The lowest BCUT2D eigenvalue weighted by Crippen LogP contribution is -2.05. The van der Waals surface area contributed by atoms with Crippen LogP contribution in [0.15, 0.2) is 12.1 Å². The van der Waals surface area contributed by atoms with E-state index < -0.39 is 11.7 Å².